The fraction of sp³-hybridized carbons (Fsp3) is 0.265. The van der Waals surface area contributed by atoms with Crippen LogP contribution in [-0.4, -0.2) is 70.8 Å². The molecule has 0 aromatic heterocycles. The van der Waals surface area contributed by atoms with Crippen LogP contribution < -0.4 is 16.8 Å². The first-order valence-corrected chi connectivity index (χ1v) is 15.2. The molecule has 0 heterocycles. The van der Waals surface area contributed by atoms with Crippen LogP contribution in [0.2, 0.25) is 0 Å². The number of aldehydes is 1. The fourth-order valence-corrected chi connectivity index (χ4v) is 4.46. The predicted molar refractivity (Wildman–Crippen MR) is 175 cm³/mol. The van der Waals surface area contributed by atoms with E-state index in [9.17, 15) is 28.8 Å². The van der Waals surface area contributed by atoms with Gasteiger partial charge in [-0.2, -0.15) is 4.90 Å². The first-order chi connectivity index (χ1) is 23.6. The molecule has 0 aliphatic rings. The van der Waals surface area contributed by atoms with Crippen molar-refractivity contribution < 1.29 is 43.0 Å². The number of imide groups is 1. The van der Waals surface area contributed by atoms with Crippen LogP contribution in [0.4, 0.5) is 14.4 Å². The Morgan fingerprint density at radius 3 is 1.53 bits per heavy atom. The number of carbonyl (C=O) groups is 6. The van der Waals surface area contributed by atoms with E-state index in [-0.39, 0.29) is 45.5 Å². The highest BCUT2D eigenvalue weighted by Crippen LogP contribution is 2.16. The number of rotatable bonds is 16. The van der Waals surface area contributed by atoms with Crippen LogP contribution in [-0.2, 0) is 48.4 Å². The van der Waals surface area contributed by atoms with Gasteiger partial charge >= 0.3 is 18.3 Å². The first-order valence-electron chi connectivity index (χ1n) is 15.2. The van der Waals surface area contributed by atoms with E-state index in [1.54, 1.807) is 91.0 Å². The summed E-state index contributed by atoms with van der Waals surface area (Å²) in [6.45, 7) is -0.895. The van der Waals surface area contributed by atoms with Crippen molar-refractivity contribution in [2.24, 2.45) is 11.5 Å². The molecule has 258 valence electrons. The Labute approximate surface area is 282 Å². The van der Waals surface area contributed by atoms with Gasteiger partial charge in [0.25, 0.3) is 0 Å². The molecule has 0 spiro atoms. The molecule has 0 radical (unpaired) electrons. The van der Waals surface area contributed by atoms with E-state index in [1.807, 2.05) is 0 Å². The second-order valence-corrected chi connectivity index (χ2v) is 10.6. The number of nitrogens with two attached hydrogens (primary N) is 2. The van der Waals surface area contributed by atoms with E-state index in [0.29, 0.717) is 21.6 Å². The molecular formula is C34H38N6O9. The maximum Gasteiger partial charge on any atom is 0.420 e. The molecule has 2 atom stereocenters. The van der Waals surface area contributed by atoms with Gasteiger partial charge in [-0.25, -0.2) is 19.3 Å². The Kier molecular flexibility index (Phi) is 14.7. The molecule has 0 aliphatic heterocycles. The van der Waals surface area contributed by atoms with Gasteiger partial charge in [0.2, 0.25) is 11.8 Å². The zero-order valence-electron chi connectivity index (χ0n) is 26.6. The third-order valence-corrected chi connectivity index (χ3v) is 6.91. The van der Waals surface area contributed by atoms with E-state index < -0.39 is 54.6 Å². The predicted octanol–water partition coefficient (Wildman–Crippen LogP) is 3.20. The largest absolute Gasteiger partial charge is 0.444 e. The lowest BCUT2D eigenvalue weighted by Gasteiger charge is -2.29. The number of hydrogen-bond acceptors (Lipinski definition) is 10. The quantitative estimate of drug-likeness (QED) is 0.0751. The normalized spacial score (nSPS) is 11.6. The van der Waals surface area contributed by atoms with E-state index >= 15 is 0 Å². The van der Waals surface area contributed by atoms with Gasteiger partial charge in [0.05, 0.1) is 12.5 Å². The Morgan fingerprint density at radius 2 is 1.14 bits per heavy atom. The third-order valence-electron chi connectivity index (χ3n) is 6.91. The Balaban J connectivity index is 1.85. The molecule has 3 aromatic rings. The van der Waals surface area contributed by atoms with Gasteiger partial charge in [-0.05, 0) is 29.5 Å². The van der Waals surface area contributed by atoms with Crippen LogP contribution in [0.25, 0.3) is 0 Å². The summed E-state index contributed by atoms with van der Waals surface area (Å²) in [5, 5.41) is 10.2. The maximum atomic E-state index is 13.6. The van der Waals surface area contributed by atoms with Crippen LogP contribution in [0, 0.1) is 5.41 Å². The van der Waals surface area contributed by atoms with Crippen LogP contribution in [0.15, 0.2) is 91.0 Å². The summed E-state index contributed by atoms with van der Waals surface area (Å²) in [4.78, 5) is 77.9. The molecule has 0 saturated carbocycles. The van der Waals surface area contributed by atoms with Crippen LogP contribution >= 0.6 is 0 Å². The second kappa shape index (κ2) is 19.4. The van der Waals surface area contributed by atoms with Crippen molar-refractivity contribution in [1.29, 1.82) is 5.41 Å². The van der Waals surface area contributed by atoms with Gasteiger partial charge in [-0.1, -0.05) is 91.0 Å². The number of primary amides is 1. The van der Waals surface area contributed by atoms with Crippen molar-refractivity contribution in [3.8, 4) is 0 Å². The van der Waals surface area contributed by atoms with E-state index in [1.165, 1.54) is 0 Å². The molecule has 3 rings (SSSR count). The van der Waals surface area contributed by atoms with Crippen LogP contribution in [0.1, 0.15) is 36.0 Å². The van der Waals surface area contributed by atoms with Crippen LogP contribution in [0.5, 0.6) is 0 Å². The highest BCUT2D eigenvalue weighted by molar-refractivity contribution is 5.96. The van der Waals surface area contributed by atoms with Crippen molar-refractivity contribution >= 4 is 42.3 Å². The highest BCUT2D eigenvalue weighted by atomic mass is 16.6. The Bertz CT molecular complexity index is 1520. The molecule has 0 aliphatic carbocycles. The number of ether oxygens (including phenoxy) is 3. The minimum Gasteiger partial charge on any atom is -0.444 e. The second-order valence-electron chi connectivity index (χ2n) is 10.6. The van der Waals surface area contributed by atoms with Crippen molar-refractivity contribution in [3.05, 3.63) is 108 Å². The summed E-state index contributed by atoms with van der Waals surface area (Å²) >= 11 is 0. The molecule has 0 fully saturated rings. The molecule has 5 amide bonds. The van der Waals surface area contributed by atoms with Crippen LogP contribution in [0.3, 0.4) is 0 Å². The summed E-state index contributed by atoms with van der Waals surface area (Å²) in [5.41, 5.74) is 12.7. The molecule has 0 unspecified atom stereocenters. The number of nitrogens with zero attached hydrogens (tertiary/aromatic N) is 2. The fourth-order valence-electron chi connectivity index (χ4n) is 4.46. The molecule has 15 nitrogen and oxygen atoms in total. The molecule has 15 heteroatoms. The number of amides is 5. The lowest BCUT2D eigenvalue weighted by molar-refractivity contribution is -0.129. The van der Waals surface area contributed by atoms with Gasteiger partial charge in [-0.15, -0.1) is 0 Å². The van der Waals surface area contributed by atoms with E-state index in [0.717, 1.165) is 4.90 Å². The van der Waals surface area contributed by atoms with Crippen molar-refractivity contribution in [2.75, 3.05) is 6.54 Å². The number of benzene rings is 3. The molecule has 3 aromatic carbocycles. The molecule has 0 saturated heterocycles. The summed E-state index contributed by atoms with van der Waals surface area (Å²) in [6.07, 6.45) is -4.15. The van der Waals surface area contributed by atoms with Gasteiger partial charge in [0.15, 0.2) is 5.96 Å². The van der Waals surface area contributed by atoms with Gasteiger partial charge in [0.1, 0.15) is 32.1 Å². The third kappa shape index (κ3) is 12.5. The van der Waals surface area contributed by atoms with Gasteiger partial charge < -0.3 is 35.8 Å². The van der Waals surface area contributed by atoms with Crippen molar-refractivity contribution in [1.82, 2.24) is 15.1 Å². The monoisotopic (exact) mass is 674 g/mol. The Hall–Kier alpha value is -6.25. The summed E-state index contributed by atoms with van der Waals surface area (Å²) in [7, 11) is 0. The summed E-state index contributed by atoms with van der Waals surface area (Å²) < 4.78 is 16.1. The number of guanidine groups is 1. The average Bonchev–Trinajstić information content (AvgIpc) is 3.10. The SMILES string of the molecule is N=C(N)N(CCC[C@@H](C(=O)N[C@H](C=O)CC(N)=O)N(C(=O)OCc1ccccc1)C(=O)OCc1ccccc1)C(=O)OCc1ccccc1. The number of hydrogen-bond donors (Lipinski definition) is 4. The molecule has 6 N–H and O–H groups in total. The minimum absolute atomic E-state index is 0.101. The average molecular weight is 675 g/mol. The van der Waals surface area contributed by atoms with Gasteiger partial charge in [-0.3, -0.25) is 15.0 Å². The topological polar surface area (TPSA) is 225 Å². The molecule has 49 heavy (non-hydrogen) atoms. The smallest absolute Gasteiger partial charge is 0.420 e. The number of nitrogens with one attached hydrogen (secondary N) is 2. The summed E-state index contributed by atoms with van der Waals surface area (Å²) in [5.74, 6) is -2.56. The van der Waals surface area contributed by atoms with Crippen molar-refractivity contribution in [2.45, 2.75) is 51.2 Å². The number of carbonyl (C=O) groups excluding carboxylic acids is 6. The minimum atomic E-state index is -1.68. The van der Waals surface area contributed by atoms with Crippen molar-refractivity contribution in [3.63, 3.8) is 0 Å². The molecule has 0 bridgehead atoms. The standard InChI is InChI=1S/C34H38N6O9/c35-29(42)19-27(20-41)38-30(43)28(17-10-18-39(31(36)37)32(44)47-21-24-11-4-1-5-12-24)40(33(45)48-22-25-13-6-2-7-14-25)34(46)49-23-26-15-8-3-9-16-26/h1-9,11-16,20,27-28H,10,17-19,21-23H2,(H2,35,42)(H3,36,37)(H,38,43)/t27-,28-/m0/s1. The zero-order valence-corrected chi connectivity index (χ0v) is 26.6. The molecular weight excluding hydrogens is 636 g/mol. The maximum absolute atomic E-state index is 13.6. The Morgan fingerprint density at radius 1 is 0.714 bits per heavy atom. The van der Waals surface area contributed by atoms with Gasteiger partial charge in [0, 0.05) is 6.54 Å². The zero-order chi connectivity index (χ0) is 35.6. The van der Waals surface area contributed by atoms with E-state index in [4.69, 9.17) is 31.1 Å². The van der Waals surface area contributed by atoms with E-state index in [2.05, 4.69) is 5.32 Å². The first kappa shape index (κ1) is 37.2. The highest BCUT2D eigenvalue weighted by Gasteiger charge is 2.38. The summed E-state index contributed by atoms with van der Waals surface area (Å²) in [6, 6.07) is 22.8. The lowest BCUT2D eigenvalue weighted by Crippen LogP contribution is -2.55. The lowest BCUT2D eigenvalue weighted by atomic mass is 10.1.